The van der Waals surface area contributed by atoms with Gasteiger partial charge < -0.3 is 4.74 Å². The van der Waals surface area contributed by atoms with Crippen molar-refractivity contribution in [3.8, 4) is 0 Å². The lowest BCUT2D eigenvalue weighted by atomic mass is 10.2. The number of hydrogen-bond acceptors (Lipinski definition) is 3. The lowest BCUT2D eigenvalue weighted by Crippen LogP contribution is -1.98. The van der Waals surface area contributed by atoms with E-state index in [9.17, 15) is 10.1 Å². The Morgan fingerprint density at radius 3 is 2.88 bits per heavy atom. The molecule has 0 N–H and O–H groups in total. The van der Waals surface area contributed by atoms with Crippen LogP contribution in [0, 0.1) is 16.0 Å². The number of halogens is 1. The van der Waals surface area contributed by atoms with E-state index in [1.54, 1.807) is 12.1 Å². The van der Waals surface area contributed by atoms with Crippen molar-refractivity contribution in [2.75, 3.05) is 6.61 Å². The molecular formula is C11H12BrNO3. The summed E-state index contributed by atoms with van der Waals surface area (Å²) in [7, 11) is 0. The van der Waals surface area contributed by atoms with Gasteiger partial charge in [0.05, 0.1) is 16.0 Å². The summed E-state index contributed by atoms with van der Waals surface area (Å²) >= 11 is 3.15. The van der Waals surface area contributed by atoms with Gasteiger partial charge in [-0.05, 0) is 46.3 Å². The first kappa shape index (κ1) is 11.5. The van der Waals surface area contributed by atoms with Gasteiger partial charge in [-0.3, -0.25) is 10.1 Å². The van der Waals surface area contributed by atoms with Gasteiger partial charge in [0.25, 0.3) is 5.69 Å². The summed E-state index contributed by atoms with van der Waals surface area (Å²) in [6.45, 7) is 1.22. The molecule has 2 rings (SSSR count). The van der Waals surface area contributed by atoms with Gasteiger partial charge in [-0.25, -0.2) is 0 Å². The van der Waals surface area contributed by atoms with E-state index in [0.29, 0.717) is 17.0 Å². The van der Waals surface area contributed by atoms with E-state index in [2.05, 4.69) is 15.9 Å². The number of nitro groups is 1. The molecule has 4 nitrogen and oxygen atoms in total. The minimum atomic E-state index is -0.394. The highest BCUT2D eigenvalue weighted by molar-refractivity contribution is 9.10. The molecule has 0 saturated heterocycles. The first-order valence-electron chi connectivity index (χ1n) is 5.17. The molecule has 1 aliphatic carbocycles. The predicted molar refractivity (Wildman–Crippen MR) is 63.2 cm³/mol. The van der Waals surface area contributed by atoms with Crippen LogP contribution in [0.5, 0.6) is 0 Å². The smallest absolute Gasteiger partial charge is 0.283 e. The maximum Gasteiger partial charge on any atom is 0.283 e. The second kappa shape index (κ2) is 4.93. The van der Waals surface area contributed by atoms with Crippen LogP contribution in [-0.4, -0.2) is 11.5 Å². The second-order valence-corrected chi connectivity index (χ2v) is 4.86. The highest BCUT2D eigenvalue weighted by atomic mass is 79.9. The molecule has 0 spiro atoms. The second-order valence-electron chi connectivity index (χ2n) is 4.00. The molecule has 0 unspecified atom stereocenters. The van der Waals surface area contributed by atoms with Crippen LogP contribution in [0.25, 0.3) is 0 Å². The highest BCUT2D eigenvalue weighted by Crippen LogP contribution is 2.30. The number of hydrogen-bond donors (Lipinski definition) is 0. The third kappa shape index (κ3) is 3.02. The van der Waals surface area contributed by atoms with Gasteiger partial charge in [0.15, 0.2) is 0 Å². The van der Waals surface area contributed by atoms with Gasteiger partial charge in [-0.2, -0.15) is 0 Å². The van der Waals surface area contributed by atoms with Gasteiger partial charge in [0.1, 0.15) is 0 Å². The summed E-state index contributed by atoms with van der Waals surface area (Å²) in [5.74, 6) is 0.713. The molecule has 5 heteroatoms. The Kier molecular flexibility index (Phi) is 3.56. The van der Waals surface area contributed by atoms with E-state index < -0.39 is 4.92 Å². The van der Waals surface area contributed by atoms with Crippen molar-refractivity contribution in [1.82, 2.24) is 0 Å². The summed E-state index contributed by atoms with van der Waals surface area (Å²) in [6, 6.07) is 5.08. The van der Waals surface area contributed by atoms with E-state index in [0.717, 1.165) is 12.2 Å². The highest BCUT2D eigenvalue weighted by Gasteiger charge is 2.21. The minimum Gasteiger partial charge on any atom is -0.376 e. The molecule has 1 saturated carbocycles. The Morgan fingerprint density at radius 1 is 1.50 bits per heavy atom. The fraction of sp³-hybridized carbons (Fsp3) is 0.455. The van der Waals surface area contributed by atoms with Gasteiger partial charge in [0.2, 0.25) is 0 Å². The van der Waals surface area contributed by atoms with E-state index in [1.807, 2.05) is 6.07 Å². The zero-order valence-electron chi connectivity index (χ0n) is 8.69. The average molecular weight is 286 g/mol. The third-order valence-corrected chi connectivity index (χ3v) is 3.20. The number of rotatable bonds is 5. The topological polar surface area (TPSA) is 52.4 Å². The van der Waals surface area contributed by atoms with Crippen molar-refractivity contribution in [3.63, 3.8) is 0 Å². The lowest BCUT2D eigenvalue weighted by molar-refractivity contribution is -0.385. The van der Waals surface area contributed by atoms with Gasteiger partial charge in [-0.15, -0.1) is 0 Å². The number of nitrogens with zero attached hydrogens (tertiary/aromatic N) is 1. The minimum absolute atomic E-state index is 0.0903. The van der Waals surface area contributed by atoms with Crippen molar-refractivity contribution in [3.05, 3.63) is 38.3 Å². The zero-order chi connectivity index (χ0) is 11.5. The Morgan fingerprint density at radius 2 is 2.25 bits per heavy atom. The summed E-state index contributed by atoms with van der Waals surface area (Å²) in [4.78, 5) is 10.3. The van der Waals surface area contributed by atoms with Crippen LogP contribution in [0.2, 0.25) is 0 Å². The maximum atomic E-state index is 10.7. The fourth-order valence-corrected chi connectivity index (χ4v) is 1.81. The van der Waals surface area contributed by atoms with E-state index in [4.69, 9.17) is 4.74 Å². The summed E-state index contributed by atoms with van der Waals surface area (Å²) in [6.07, 6.45) is 2.50. The van der Waals surface area contributed by atoms with E-state index in [-0.39, 0.29) is 5.69 Å². The standard InChI is InChI=1S/C11H12BrNO3/c12-10-4-3-9(5-11(10)13(14)15)7-16-6-8-1-2-8/h3-5,8H,1-2,6-7H2. The van der Waals surface area contributed by atoms with Crippen LogP contribution in [0.4, 0.5) is 5.69 Å². The van der Waals surface area contributed by atoms with Crippen LogP contribution in [0.15, 0.2) is 22.7 Å². The Labute approximate surface area is 102 Å². The van der Waals surface area contributed by atoms with Crippen molar-refractivity contribution >= 4 is 21.6 Å². The van der Waals surface area contributed by atoms with E-state index >= 15 is 0 Å². The van der Waals surface area contributed by atoms with Gasteiger partial charge in [-0.1, -0.05) is 6.07 Å². The Balaban J connectivity index is 1.97. The first-order chi connectivity index (χ1) is 7.66. The van der Waals surface area contributed by atoms with Crippen LogP contribution >= 0.6 is 15.9 Å². The molecule has 0 heterocycles. The predicted octanol–water partition coefficient (Wildman–Crippen LogP) is 3.28. The number of nitro benzene ring substituents is 1. The van der Waals surface area contributed by atoms with Crippen LogP contribution < -0.4 is 0 Å². The number of ether oxygens (including phenoxy) is 1. The number of benzene rings is 1. The van der Waals surface area contributed by atoms with Crippen molar-refractivity contribution < 1.29 is 9.66 Å². The molecule has 1 aliphatic rings. The van der Waals surface area contributed by atoms with E-state index in [1.165, 1.54) is 12.8 Å². The molecule has 0 aliphatic heterocycles. The third-order valence-electron chi connectivity index (χ3n) is 2.53. The Bertz CT molecular complexity index is 404. The molecule has 1 fully saturated rings. The summed E-state index contributed by atoms with van der Waals surface area (Å²) in [5, 5.41) is 10.7. The lowest BCUT2D eigenvalue weighted by Gasteiger charge is -2.04. The molecule has 86 valence electrons. The van der Waals surface area contributed by atoms with Crippen LogP contribution in [-0.2, 0) is 11.3 Å². The first-order valence-corrected chi connectivity index (χ1v) is 5.96. The molecule has 16 heavy (non-hydrogen) atoms. The van der Waals surface area contributed by atoms with Crippen LogP contribution in [0.1, 0.15) is 18.4 Å². The fourth-order valence-electron chi connectivity index (χ4n) is 1.42. The molecule has 0 bridgehead atoms. The summed E-state index contributed by atoms with van der Waals surface area (Å²) in [5.41, 5.74) is 0.933. The van der Waals surface area contributed by atoms with Gasteiger partial charge in [0, 0.05) is 12.7 Å². The molecule has 0 radical (unpaired) electrons. The average Bonchev–Trinajstić information content (AvgIpc) is 3.04. The normalized spacial score (nSPS) is 15.1. The Hall–Kier alpha value is -0.940. The van der Waals surface area contributed by atoms with Crippen molar-refractivity contribution in [2.24, 2.45) is 5.92 Å². The molecule has 1 aromatic carbocycles. The van der Waals surface area contributed by atoms with Crippen LogP contribution in [0.3, 0.4) is 0 Å². The zero-order valence-corrected chi connectivity index (χ0v) is 10.3. The largest absolute Gasteiger partial charge is 0.376 e. The quantitative estimate of drug-likeness (QED) is 0.616. The monoisotopic (exact) mass is 285 g/mol. The SMILES string of the molecule is O=[N+]([O-])c1cc(COCC2CC2)ccc1Br. The molecule has 0 amide bonds. The van der Waals surface area contributed by atoms with Crippen molar-refractivity contribution in [1.29, 1.82) is 0 Å². The summed E-state index contributed by atoms with van der Waals surface area (Å²) < 4.78 is 5.98. The van der Waals surface area contributed by atoms with Crippen molar-refractivity contribution in [2.45, 2.75) is 19.4 Å². The molecule has 0 atom stereocenters. The maximum absolute atomic E-state index is 10.7. The molecule has 0 aromatic heterocycles. The molecular weight excluding hydrogens is 274 g/mol. The molecule has 1 aromatic rings. The van der Waals surface area contributed by atoms with Gasteiger partial charge >= 0.3 is 0 Å².